The van der Waals surface area contributed by atoms with Gasteiger partial charge in [-0.1, -0.05) is 11.6 Å². The standard InChI is InChI=1S/C21H22ClFN4O4S/c1-13(28)24-11-15-12-27(21(30)31-15)14-2-3-18(17(23)10-14)25-5-7-26(8-6-25)20(29)19-16(22)4-9-32-19/h2-4,9-10,15H,5-8,11-12H2,1H3,(H,24,28)/t15-/m0/s1. The molecule has 170 valence electrons. The Kier molecular flexibility index (Phi) is 6.52. The van der Waals surface area contributed by atoms with E-state index < -0.39 is 18.0 Å². The van der Waals surface area contributed by atoms with Gasteiger partial charge in [-0.05, 0) is 29.6 Å². The molecule has 1 atom stereocenters. The average Bonchev–Trinajstić information content (AvgIpc) is 3.37. The van der Waals surface area contributed by atoms with Crippen molar-refractivity contribution in [1.82, 2.24) is 10.2 Å². The first-order valence-electron chi connectivity index (χ1n) is 10.1. The largest absolute Gasteiger partial charge is 0.442 e. The van der Waals surface area contributed by atoms with Gasteiger partial charge in [-0.2, -0.15) is 0 Å². The van der Waals surface area contributed by atoms with Crippen LogP contribution in [0.5, 0.6) is 0 Å². The minimum Gasteiger partial charge on any atom is -0.442 e. The van der Waals surface area contributed by atoms with Gasteiger partial charge in [0.2, 0.25) is 5.91 Å². The molecule has 2 aliphatic heterocycles. The predicted molar refractivity (Wildman–Crippen MR) is 120 cm³/mol. The molecule has 3 amide bonds. The SMILES string of the molecule is CC(=O)NC[C@H]1CN(c2ccc(N3CCN(C(=O)c4sccc4Cl)CC3)c(F)c2)C(=O)O1. The first kappa shape index (κ1) is 22.3. The molecule has 0 aliphatic carbocycles. The van der Waals surface area contributed by atoms with Crippen LogP contribution in [-0.2, 0) is 9.53 Å². The topological polar surface area (TPSA) is 82.2 Å². The second-order valence-corrected chi connectivity index (χ2v) is 8.89. The molecule has 0 unspecified atom stereocenters. The van der Waals surface area contributed by atoms with Crippen molar-refractivity contribution in [3.63, 3.8) is 0 Å². The second-order valence-electron chi connectivity index (χ2n) is 7.57. The molecule has 0 saturated carbocycles. The van der Waals surface area contributed by atoms with E-state index >= 15 is 0 Å². The number of nitrogens with zero attached hydrogens (tertiary/aromatic N) is 3. The van der Waals surface area contributed by atoms with Crippen LogP contribution in [0.15, 0.2) is 29.6 Å². The predicted octanol–water partition coefficient (Wildman–Crippen LogP) is 2.96. The van der Waals surface area contributed by atoms with E-state index in [9.17, 15) is 18.8 Å². The van der Waals surface area contributed by atoms with E-state index in [0.29, 0.717) is 47.5 Å². The molecule has 1 N–H and O–H groups in total. The summed E-state index contributed by atoms with van der Waals surface area (Å²) < 4.78 is 20.2. The normalized spacial score (nSPS) is 18.7. The van der Waals surface area contributed by atoms with Crippen LogP contribution < -0.4 is 15.1 Å². The maximum absolute atomic E-state index is 14.9. The van der Waals surface area contributed by atoms with Gasteiger partial charge in [-0.15, -0.1) is 11.3 Å². The molecule has 2 aromatic rings. The Morgan fingerprint density at radius 2 is 2.00 bits per heavy atom. The van der Waals surface area contributed by atoms with Gasteiger partial charge in [0.1, 0.15) is 16.8 Å². The summed E-state index contributed by atoms with van der Waals surface area (Å²) in [7, 11) is 0. The van der Waals surface area contributed by atoms with Crippen LogP contribution >= 0.6 is 22.9 Å². The molecule has 8 nitrogen and oxygen atoms in total. The highest BCUT2D eigenvalue weighted by molar-refractivity contribution is 7.12. The Balaban J connectivity index is 1.38. The molecule has 0 bridgehead atoms. The Hall–Kier alpha value is -2.85. The zero-order valence-electron chi connectivity index (χ0n) is 17.3. The lowest BCUT2D eigenvalue weighted by Gasteiger charge is -2.36. The number of halogens is 2. The molecule has 4 rings (SSSR count). The van der Waals surface area contributed by atoms with Crippen LogP contribution in [0.2, 0.25) is 5.02 Å². The number of hydrogen-bond acceptors (Lipinski definition) is 6. The fraction of sp³-hybridized carbons (Fsp3) is 0.381. The van der Waals surface area contributed by atoms with Gasteiger partial charge in [0.25, 0.3) is 5.91 Å². The summed E-state index contributed by atoms with van der Waals surface area (Å²) in [5.41, 5.74) is 0.806. The van der Waals surface area contributed by atoms with Crippen LogP contribution in [0.1, 0.15) is 16.6 Å². The van der Waals surface area contributed by atoms with Gasteiger partial charge < -0.3 is 19.9 Å². The minimum atomic E-state index is -0.577. The van der Waals surface area contributed by atoms with Crippen LogP contribution in [0, 0.1) is 5.82 Å². The van der Waals surface area contributed by atoms with E-state index in [0.717, 1.165) is 0 Å². The highest BCUT2D eigenvalue weighted by Crippen LogP contribution is 2.29. The number of nitrogens with one attached hydrogen (secondary N) is 1. The van der Waals surface area contributed by atoms with Crippen molar-refractivity contribution < 1.29 is 23.5 Å². The number of ether oxygens (including phenoxy) is 1. The number of anilines is 2. The van der Waals surface area contributed by atoms with Crippen LogP contribution in [0.3, 0.4) is 0 Å². The van der Waals surface area contributed by atoms with Gasteiger partial charge in [0, 0.05) is 33.1 Å². The highest BCUT2D eigenvalue weighted by Gasteiger charge is 2.33. The maximum Gasteiger partial charge on any atom is 0.414 e. The first-order valence-corrected chi connectivity index (χ1v) is 11.4. The van der Waals surface area contributed by atoms with E-state index in [4.69, 9.17) is 16.3 Å². The lowest BCUT2D eigenvalue weighted by Crippen LogP contribution is -2.49. The molecule has 0 spiro atoms. The summed E-state index contributed by atoms with van der Waals surface area (Å²) in [5.74, 6) is -0.779. The van der Waals surface area contributed by atoms with Gasteiger partial charge in [-0.3, -0.25) is 14.5 Å². The van der Waals surface area contributed by atoms with Crippen LogP contribution in [-0.4, -0.2) is 68.2 Å². The van der Waals surface area contributed by atoms with Crippen LogP contribution in [0.25, 0.3) is 0 Å². The molecule has 3 heterocycles. The summed E-state index contributed by atoms with van der Waals surface area (Å²) in [6.45, 7) is 3.69. The Morgan fingerprint density at radius 1 is 1.25 bits per heavy atom. The molecular formula is C21H22ClFN4O4S. The Labute approximate surface area is 193 Å². The molecule has 1 aromatic heterocycles. The third-order valence-electron chi connectivity index (χ3n) is 5.41. The smallest absolute Gasteiger partial charge is 0.414 e. The molecule has 2 saturated heterocycles. The van der Waals surface area contributed by atoms with Crippen molar-refractivity contribution in [3.05, 3.63) is 45.4 Å². The number of amides is 3. The summed E-state index contributed by atoms with van der Waals surface area (Å²) in [5, 5.41) is 4.84. The highest BCUT2D eigenvalue weighted by atomic mass is 35.5. The van der Waals surface area contributed by atoms with Crippen molar-refractivity contribution in [3.8, 4) is 0 Å². The average molecular weight is 481 g/mol. The molecule has 1 aromatic carbocycles. The number of benzene rings is 1. The summed E-state index contributed by atoms with van der Waals surface area (Å²) in [6.07, 6.45) is -1.07. The van der Waals surface area contributed by atoms with Gasteiger partial charge >= 0.3 is 6.09 Å². The number of carbonyl (C=O) groups is 3. The van der Waals surface area contributed by atoms with Crippen molar-refractivity contribution in [2.75, 3.05) is 49.1 Å². The number of rotatable bonds is 5. The maximum atomic E-state index is 14.9. The van der Waals surface area contributed by atoms with E-state index in [1.54, 1.807) is 28.5 Å². The van der Waals surface area contributed by atoms with E-state index in [1.807, 2.05) is 4.90 Å². The Morgan fingerprint density at radius 3 is 2.62 bits per heavy atom. The third kappa shape index (κ3) is 4.66. The van der Waals surface area contributed by atoms with Crippen molar-refractivity contribution in [2.24, 2.45) is 0 Å². The summed E-state index contributed by atoms with van der Waals surface area (Å²) >= 11 is 7.38. The zero-order valence-corrected chi connectivity index (χ0v) is 18.9. The van der Waals surface area contributed by atoms with Crippen molar-refractivity contribution >= 4 is 52.2 Å². The number of carbonyl (C=O) groups excluding carboxylic acids is 3. The molecule has 11 heteroatoms. The zero-order chi connectivity index (χ0) is 22.8. The number of hydrogen-bond donors (Lipinski definition) is 1. The molecule has 0 radical (unpaired) electrons. The second kappa shape index (κ2) is 9.33. The minimum absolute atomic E-state index is 0.109. The van der Waals surface area contributed by atoms with Gasteiger partial charge in [0.15, 0.2) is 0 Å². The molecule has 2 fully saturated rings. The van der Waals surface area contributed by atoms with Crippen LogP contribution in [0.4, 0.5) is 20.6 Å². The lowest BCUT2D eigenvalue weighted by atomic mass is 10.2. The van der Waals surface area contributed by atoms with Crippen molar-refractivity contribution in [1.29, 1.82) is 0 Å². The van der Waals surface area contributed by atoms with E-state index in [-0.39, 0.29) is 24.9 Å². The molecular weight excluding hydrogens is 459 g/mol. The van der Waals surface area contributed by atoms with Gasteiger partial charge in [-0.25, -0.2) is 9.18 Å². The molecule has 2 aliphatic rings. The third-order valence-corrected chi connectivity index (χ3v) is 6.74. The quantitative estimate of drug-likeness (QED) is 0.711. The first-order chi connectivity index (χ1) is 15.3. The monoisotopic (exact) mass is 480 g/mol. The number of cyclic esters (lactones) is 1. The fourth-order valence-electron chi connectivity index (χ4n) is 3.76. The van der Waals surface area contributed by atoms with E-state index in [2.05, 4.69) is 5.32 Å². The number of piperazine rings is 1. The van der Waals surface area contributed by atoms with Gasteiger partial charge in [0.05, 0.1) is 29.5 Å². The summed E-state index contributed by atoms with van der Waals surface area (Å²) in [6, 6.07) is 6.31. The summed E-state index contributed by atoms with van der Waals surface area (Å²) in [4.78, 5) is 41.3. The number of thiophene rings is 1. The Bertz CT molecular complexity index is 1040. The van der Waals surface area contributed by atoms with Crippen molar-refractivity contribution in [2.45, 2.75) is 13.0 Å². The fourth-order valence-corrected chi connectivity index (χ4v) is 4.86. The lowest BCUT2D eigenvalue weighted by molar-refractivity contribution is -0.119. The molecule has 32 heavy (non-hydrogen) atoms. The van der Waals surface area contributed by atoms with E-state index in [1.165, 1.54) is 29.2 Å².